The molecule has 0 radical (unpaired) electrons. The van der Waals surface area contributed by atoms with Gasteiger partial charge >= 0.3 is 18.4 Å². The molecule has 1 aromatic heterocycles. The third-order valence-electron chi connectivity index (χ3n) is 5.69. The van der Waals surface area contributed by atoms with Gasteiger partial charge < -0.3 is 19.1 Å². The van der Waals surface area contributed by atoms with Gasteiger partial charge in [-0.1, -0.05) is 0 Å². The van der Waals surface area contributed by atoms with E-state index in [1.54, 1.807) is 43.3 Å². The fourth-order valence-corrected chi connectivity index (χ4v) is 5.42. The maximum atomic E-state index is 12.8. The molecule has 2 aliphatic heterocycles. The maximum absolute atomic E-state index is 12.8. The minimum absolute atomic E-state index is 0.176. The molecule has 0 saturated carbocycles. The van der Waals surface area contributed by atoms with Crippen LogP contribution in [0.2, 0.25) is 0 Å². The van der Waals surface area contributed by atoms with Crippen LogP contribution >= 0.6 is 11.8 Å². The molecule has 1 saturated heterocycles. The molecule has 0 aliphatic carbocycles. The number of carbonyl (C=O) groups is 2. The number of hydrogen-bond donors (Lipinski definition) is 0. The van der Waals surface area contributed by atoms with Crippen LogP contribution in [0.1, 0.15) is 62.6 Å². The van der Waals surface area contributed by atoms with Crippen molar-refractivity contribution in [2.24, 2.45) is 0 Å². The number of esters is 1. The van der Waals surface area contributed by atoms with Gasteiger partial charge in [-0.05, 0) is 58.7 Å². The van der Waals surface area contributed by atoms with Crippen LogP contribution in [0.5, 0.6) is 5.75 Å². The third-order valence-corrected chi connectivity index (χ3v) is 6.77. The summed E-state index contributed by atoms with van der Waals surface area (Å²) in [6.07, 6.45) is -3.82. The summed E-state index contributed by atoms with van der Waals surface area (Å²) < 4.78 is 54.8. The van der Waals surface area contributed by atoms with Gasteiger partial charge in [0, 0.05) is 34.9 Å². The fraction of sp³-hybridized carbons (Fsp3) is 0.542. The molecule has 196 valence electrons. The van der Waals surface area contributed by atoms with Gasteiger partial charge in [-0.25, -0.2) is 9.59 Å². The predicted molar refractivity (Wildman–Crippen MR) is 126 cm³/mol. The Morgan fingerprint density at radius 2 is 1.97 bits per heavy atom. The van der Waals surface area contributed by atoms with Crippen molar-refractivity contribution < 1.29 is 37.0 Å². The van der Waals surface area contributed by atoms with Gasteiger partial charge in [-0.2, -0.15) is 5.10 Å². The smallest absolute Gasteiger partial charge is 0.461 e. The van der Waals surface area contributed by atoms with Crippen LogP contribution in [0.4, 0.5) is 18.0 Å². The normalized spacial score (nSPS) is 17.8. The molecule has 0 spiro atoms. The number of piperidine rings is 1. The highest BCUT2D eigenvalue weighted by Crippen LogP contribution is 2.46. The Morgan fingerprint density at radius 3 is 2.64 bits per heavy atom. The van der Waals surface area contributed by atoms with Crippen molar-refractivity contribution in [3.05, 3.63) is 29.5 Å². The van der Waals surface area contributed by atoms with Gasteiger partial charge in [0.15, 0.2) is 5.69 Å². The van der Waals surface area contributed by atoms with Crippen LogP contribution in [0.25, 0.3) is 11.3 Å². The quantitative estimate of drug-likeness (QED) is 0.465. The Labute approximate surface area is 211 Å². The average Bonchev–Trinajstić information content (AvgIpc) is 3.17. The number of benzene rings is 1. The Morgan fingerprint density at radius 1 is 1.22 bits per heavy atom. The lowest BCUT2D eigenvalue weighted by molar-refractivity contribution is -0.274. The van der Waals surface area contributed by atoms with Gasteiger partial charge in [0.05, 0.1) is 18.3 Å². The molecule has 1 unspecified atom stereocenters. The molecular weight excluding hydrogens is 499 g/mol. The summed E-state index contributed by atoms with van der Waals surface area (Å²) in [5.41, 5.74) is 1.48. The molecule has 0 bridgehead atoms. The molecule has 4 rings (SSSR count). The molecule has 2 aliphatic rings. The van der Waals surface area contributed by atoms with E-state index < -0.39 is 24.0 Å². The number of amides is 1. The van der Waals surface area contributed by atoms with E-state index in [4.69, 9.17) is 9.47 Å². The summed E-state index contributed by atoms with van der Waals surface area (Å²) in [4.78, 5) is 27.7. The van der Waals surface area contributed by atoms with Crippen LogP contribution in [0.3, 0.4) is 0 Å². The summed E-state index contributed by atoms with van der Waals surface area (Å²) in [7, 11) is 0. The lowest BCUT2D eigenvalue weighted by atomic mass is 10.0. The number of rotatable bonds is 4. The number of carbonyl (C=O) groups excluding carboxylic acids is 2. The molecule has 1 fully saturated rings. The lowest BCUT2D eigenvalue weighted by Crippen LogP contribution is -2.43. The zero-order valence-corrected chi connectivity index (χ0v) is 21.3. The lowest BCUT2D eigenvalue weighted by Gasteiger charge is -2.35. The van der Waals surface area contributed by atoms with Gasteiger partial charge in [-0.15, -0.1) is 24.9 Å². The SMILES string of the molecule is CCOC(=O)c1nn(C2CCCN(C(=O)OC(C)(C)C)C2)c2c1CSc1cc(OC(F)(F)F)ccc1-2. The van der Waals surface area contributed by atoms with Crippen molar-refractivity contribution in [1.82, 2.24) is 14.7 Å². The molecule has 1 aromatic carbocycles. The number of fused-ring (bicyclic) bond motifs is 3. The van der Waals surface area contributed by atoms with Crippen LogP contribution in [0, 0.1) is 0 Å². The van der Waals surface area contributed by atoms with Crippen molar-refractivity contribution >= 4 is 23.8 Å². The van der Waals surface area contributed by atoms with E-state index in [0.29, 0.717) is 53.4 Å². The summed E-state index contributed by atoms with van der Waals surface area (Å²) in [5.74, 6) is -0.551. The fourth-order valence-electron chi connectivity index (χ4n) is 4.33. The maximum Gasteiger partial charge on any atom is 0.573 e. The number of ether oxygens (including phenoxy) is 3. The van der Waals surface area contributed by atoms with E-state index in [9.17, 15) is 22.8 Å². The second-order valence-electron chi connectivity index (χ2n) is 9.56. The van der Waals surface area contributed by atoms with E-state index >= 15 is 0 Å². The summed E-state index contributed by atoms with van der Waals surface area (Å²) in [5, 5.41) is 4.62. The van der Waals surface area contributed by atoms with E-state index in [0.717, 1.165) is 0 Å². The van der Waals surface area contributed by atoms with Gasteiger partial charge in [0.2, 0.25) is 0 Å². The second-order valence-corrected chi connectivity index (χ2v) is 10.6. The molecule has 0 N–H and O–H groups in total. The number of aromatic nitrogens is 2. The van der Waals surface area contributed by atoms with Crippen LogP contribution < -0.4 is 4.74 Å². The molecule has 1 amide bonds. The number of nitrogens with zero attached hydrogens (tertiary/aromatic N) is 3. The molecule has 3 heterocycles. The summed E-state index contributed by atoms with van der Waals surface area (Å²) in [6, 6.07) is 3.87. The van der Waals surface area contributed by atoms with Crippen molar-refractivity contribution in [2.45, 2.75) is 69.2 Å². The Kier molecular flexibility index (Phi) is 7.18. The van der Waals surface area contributed by atoms with Crippen LogP contribution in [-0.4, -0.2) is 58.4 Å². The van der Waals surface area contributed by atoms with Crippen molar-refractivity contribution in [2.75, 3.05) is 19.7 Å². The largest absolute Gasteiger partial charge is 0.573 e. The first-order valence-electron chi connectivity index (χ1n) is 11.7. The summed E-state index contributed by atoms with van der Waals surface area (Å²) >= 11 is 1.30. The number of halogens is 3. The monoisotopic (exact) mass is 527 g/mol. The highest BCUT2D eigenvalue weighted by Gasteiger charge is 2.36. The van der Waals surface area contributed by atoms with Crippen LogP contribution in [0.15, 0.2) is 23.1 Å². The Hall–Kier alpha value is -2.89. The van der Waals surface area contributed by atoms with Crippen molar-refractivity contribution in [3.8, 4) is 17.0 Å². The van der Waals surface area contributed by atoms with E-state index in [1.807, 2.05) is 0 Å². The number of thioether (sulfide) groups is 1. The first-order valence-corrected chi connectivity index (χ1v) is 12.6. The van der Waals surface area contributed by atoms with Crippen molar-refractivity contribution in [3.63, 3.8) is 0 Å². The highest BCUT2D eigenvalue weighted by molar-refractivity contribution is 7.98. The zero-order valence-electron chi connectivity index (χ0n) is 20.5. The topological polar surface area (TPSA) is 82.9 Å². The van der Waals surface area contributed by atoms with E-state index in [2.05, 4.69) is 9.84 Å². The first-order chi connectivity index (χ1) is 16.9. The first kappa shape index (κ1) is 26.2. The van der Waals surface area contributed by atoms with E-state index in [-0.39, 0.29) is 24.1 Å². The minimum atomic E-state index is -4.80. The standard InChI is InChI=1S/C24H28F3N3O5S/c1-5-33-21(31)19-17-13-36-18-11-15(34-24(25,26)27)8-9-16(18)20(17)30(28-19)14-7-6-10-29(12-14)22(32)35-23(2,3)4/h8-9,11,14H,5-7,10,12-13H2,1-4H3. The number of hydrogen-bond acceptors (Lipinski definition) is 7. The van der Waals surface area contributed by atoms with Gasteiger partial charge in [0.25, 0.3) is 0 Å². The number of alkyl halides is 3. The molecule has 2 aromatic rings. The molecule has 36 heavy (non-hydrogen) atoms. The summed E-state index contributed by atoms with van der Waals surface area (Å²) in [6.45, 7) is 8.13. The molecule has 12 heteroatoms. The van der Waals surface area contributed by atoms with E-state index in [1.165, 1.54) is 23.9 Å². The minimum Gasteiger partial charge on any atom is -0.461 e. The third kappa shape index (κ3) is 5.74. The molecule has 1 atom stereocenters. The van der Waals surface area contributed by atoms with Gasteiger partial charge in [0.1, 0.15) is 11.4 Å². The highest BCUT2D eigenvalue weighted by atomic mass is 32.2. The van der Waals surface area contributed by atoms with Crippen molar-refractivity contribution in [1.29, 1.82) is 0 Å². The Bertz CT molecular complexity index is 1160. The molecular formula is C24H28F3N3O5S. The van der Waals surface area contributed by atoms with Crippen LogP contribution in [-0.2, 0) is 15.2 Å². The second kappa shape index (κ2) is 9.87. The predicted octanol–water partition coefficient (Wildman–Crippen LogP) is 5.80. The Balaban J connectivity index is 1.73. The average molecular weight is 528 g/mol. The zero-order chi connectivity index (χ0) is 26.3. The molecule has 8 nitrogen and oxygen atoms in total. The number of likely N-dealkylation sites (tertiary alicyclic amines) is 1. The van der Waals surface area contributed by atoms with Gasteiger partial charge in [-0.3, -0.25) is 4.68 Å².